The molecule has 7 nitrogen and oxygen atoms in total. The molecule has 0 spiro atoms. The van der Waals surface area contributed by atoms with Gasteiger partial charge in [-0.15, -0.1) is 0 Å². The summed E-state index contributed by atoms with van der Waals surface area (Å²) in [6.45, 7) is 6.68. The van der Waals surface area contributed by atoms with Crippen LogP contribution in [0, 0.1) is 13.8 Å². The summed E-state index contributed by atoms with van der Waals surface area (Å²) in [4.78, 5) is 14.9. The van der Waals surface area contributed by atoms with E-state index in [1.807, 2.05) is 44.5 Å². The van der Waals surface area contributed by atoms with Crippen molar-refractivity contribution in [2.45, 2.75) is 32.9 Å². The van der Waals surface area contributed by atoms with Gasteiger partial charge < -0.3 is 19.3 Å². The second-order valence-electron chi connectivity index (χ2n) is 6.40. The van der Waals surface area contributed by atoms with Gasteiger partial charge >= 0.3 is 0 Å². The van der Waals surface area contributed by atoms with Crippen LogP contribution in [0.3, 0.4) is 0 Å². The summed E-state index contributed by atoms with van der Waals surface area (Å²) in [5.74, 6) is 0.680. The topological polar surface area (TPSA) is 72.5 Å². The summed E-state index contributed by atoms with van der Waals surface area (Å²) in [5, 5.41) is 13.6. The third-order valence-corrected chi connectivity index (χ3v) is 4.59. The van der Waals surface area contributed by atoms with E-state index in [0.29, 0.717) is 18.7 Å². The van der Waals surface area contributed by atoms with Crippen LogP contribution in [-0.2, 0) is 11.8 Å². The average molecular weight is 332 g/mol. The number of aliphatic hydroxyl groups excluding tert-OH is 1. The number of amides is 1. The van der Waals surface area contributed by atoms with Crippen LogP contribution in [0.5, 0.6) is 0 Å². The van der Waals surface area contributed by atoms with Crippen LogP contribution < -0.4 is 0 Å². The van der Waals surface area contributed by atoms with Crippen molar-refractivity contribution in [1.29, 1.82) is 0 Å². The van der Waals surface area contributed by atoms with E-state index < -0.39 is 0 Å². The van der Waals surface area contributed by atoms with Crippen LogP contribution in [0.15, 0.2) is 18.3 Å². The summed E-state index contributed by atoms with van der Waals surface area (Å²) >= 11 is 0. The number of aliphatic hydroxyl groups is 1. The minimum atomic E-state index is -0.333. The maximum atomic E-state index is 13.1. The Morgan fingerprint density at radius 1 is 1.38 bits per heavy atom. The van der Waals surface area contributed by atoms with Gasteiger partial charge in [0.05, 0.1) is 31.6 Å². The van der Waals surface area contributed by atoms with E-state index in [1.165, 1.54) is 0 Å². The van der Waals surface area contributed by atoms with E-state index in [4.69, 9.17) is 4.74 Å². The molecule has 1 amide bonds. The molecule has 0 bridgehead atoms. The lowest BCUT2D eigenvalue weighted by Gasteiger charge is -2.37. The molecule has 1 aliphatic rings. The lowest BCUT2D eigenvalue weighted by Crippen LogP contribution is -2.52. The molecule has 1 aliphatic heterocycles. The highest BCUT2D eigenvalue weighted by atomic mass is 16.5. The zero-order valence-corrected chi connectivity index (χ0v) is 14.6. The van der Waals surface area contributed by atoms with Crippen LogP contribution in [0.4, 0.5) is 0 Å². The van der Waals surface area contributed by atoms with Gasteiger partial charge in [0, 0.05) is 25.0 Å². The molecule has 0 saturated carbocycles. The first-order valence-electron chi connectivity index (χ1n) is 8.14. The quantitative estimate of drug-likeness (QED) is 0.912. The second kappa shape index (κ2) is 6.41. The third-order valence-electron chi connectivity index (χ3n) is 4.59. The van der Waals surface area contributed by atoms with Crippen molar-refractivity contribution in [3.8, 4) is 5.82 Å². The molecule has 3 heterocycles. The van der Waals surface area contributed by atoms with Gasteiger partial charge in [0.25, 0.3) is 5.91 Å². The number of morpholine rings is 1. The van der Waals surface area contributed by atoms with E-state index in [2.05, 4.69) is 5.10 Å². The van der Waals surface area contributed by atoms with Gasteiger partial charge in [-0.3, -0.25) is 9.48 Å². The number of aryl methyl sites for hydroxylation is 3. The SMILES string of the molecule is Cc1ccc(C)n1-c1c(C(=O)N2CC(CO)OCC2C)cnn1C. The first-order valence-corrected chi connectivity index (χ1v) is 8.14. The van der Waals surface area contributed by atoms with Crippen LogP contribution in [0.25, 0.3) is 5.82 Å². The van der Waals surface area contributed by atoms with Crippen molar-refractivity contribution in [2.24, 2.45) is 7.05 Å². The fraction of sp³-hybridized carbons (Fsp3) is 0.529. The molecule has 3 rings (SSSR count). The second-order valence-corrected chi connectivity index (χ2v) is 6.40. The highest BCUT2D eigenvalue weighted by Gasteiger charge is 2.32. The number of carbonyl (C=O) groups excluding carboxylic acids is 1. The fourth-order valence-electron chi connectivity index (χ4n) is 3.22. The van der Waals surface area contributed by atoms with E-state index >= 15 is 0 Å². The first-order chi connectivity index (χ1) is 11.4. The minimum Gasteiger partial charge on any atom is -0.394 e. The Bertz CT molecular complexity index is 730. The smallest absolute Gasteiger partial charge is 0.259 e. The molecule has 2 unspecified atom stereocenters. The number of rotatable bonds is 3. The summed E-state index contributed by atoms with van der Waals surface area (Å²) in [6, 6.07) is 4.01. The van der Waals surface area contributed by atoms with Crippen LogP contribution in [0.1, 0.15) is 28.7 Å². The molecule has 2 atom stereocenters. The van der Waals surface area contributed by atoms with E-state index in [-0.39, 0.29) is 24.7 Å². The Labute approximate surface area is 141 Å². The molecule has 2 aromatic rings. The Kier molecular flexibility index (Phi) is 4.47. The van der Waals surface area contributed by atoms with E-state index in [0.717, 1.165) is 17.2 Å². The third kappa shape index (κ3) is 2.74. The number of nitrogens with zero attached hydrogens (tertiary/aromatic N) is 4. The molecule has 0 aliphatic carbocycles. The fourth-order valence-corrected chi connectivity index (χ4v) is 3.22. The molecule has 1 fully saturated rings. The van der Waals surface area contributed by atoms with Crippen molar-refractivity contribution in [3.63, 3.8) is 0 Å². The van der Waals surface area contributed by atoms with Gasteiger partial charge in [-0.05, 0) is 32.9 Å². The standard InChI is InChI=1S/C17H24N4O3/c1-11-5-6-12(2)21(11)16-15(7-18-19(16)4)17(23)20-8-14(9-22)24-10-13(20)3/h5-7,13-14,22H,8-10H2,1-4H3. The molecule has 24 heavy (non-hydrogen) atoms. The molecule has 0 radical (unpaired) electrons. The van der Waals surface area contributed by atoms with Gasteiger partial charge in [-0.2, -0.15) is 5.10 Å². The average Bonchev–Trinajstić information content (AvgIpc) is 3.09. The molecule has 0 aromatic carbocycles. The number of aromatic nitrogens is 3. The maximum absolute atomic E-state index is 13.1. The molecular weight excluding hydrogens is 308 g/mol. The highest BCUT2D eigenvalue weighted by molar-refractivity contribution is 5.97. The van der Waals surface area contributed by atoms with E-state index in [1.54, 1.807) is 15.8 Å². The lowest BCUT2D eigenvalue weighted by molar-refractivity contribution is -0.0667. The predicted molar refractivity (Wildman–Crippen MR) is 89.3 cm³/mol. The van der Waals surface area contributed by atoms with Crippen LogP contribution >= 0.6 is 0 Å². The number of carbonyl (C=O) groups is 1. The van der Waals surface area contributed by atoms with Gasteiger partial charge in [-0.25, -0.2) is 0 Å². The van der Waals surface area contributed by atoms with Crippen molar-refractivity contribution < 1.29 is 14.6 Å². The summed E-state index contributed by atoms with van der Waals surface area (Å²) in [7, 11) is 1.84. The molecule has 7 heteroatoms. The van der Waals surface area contributed by atoms with Gasteiger partial charge in [0.2, 0.25) is 0 Å². The van der Waals surface area contributed by atoms with E-state index in [9.17, 15) is 9.90 Å². The number of hydrogen-bond acceptors (Lipinski definition) is 4. The minimum absolute atomic E-state index is 0.0415. The number of hydrogen-bond donors (Lipinski definition) is 1. The van der Waals surface area contributed by atoms with Gasteiger partial charge in [-0.1, -0.05) is 0 Å². The van der Waals surface area contributed by atoms with Crippen LogP contribution in [-0.4, -0.2) is 62.2 Å². The number of ether oxygens (including phenoxy) is 1. The first kappa shape index (κ1) is 16.7. The highest BCUT2D eigenvalue weighted by Crippen LogP contribution is 2.23. The van der Waals surface area contributed by atoms with Crippen LogP contribution in [0.2, 0.25) is 0 Å². The summed E-state index contributed by atoms with van der Waals surface area (Å²) in [5.41, 5.74) is 2.66. The predicted octanol–water partition coefficient (Wildman–Crippen LogP) is 1.05. The molecule has 1 saturated heterocycles. The molecule has 2 aromatic heterocycles. The van der Waals surface area contributed by atoms with Crippen molar-refractivity contribution >= 4 is 5.91 Å². The normalized spacial score (nSPS) is 21.3. The Hall–Kier alpha value is -2.12. The molecular formula is C17H24N4O3. The van der Waals surface area contributed by atoms with Gasteiger partial charge in [0.15, 0.2) is 0 Å². The lowest BCUT2D eigenvalue weighted by atomic mass is 10.1. The van der Waals surface area contributed by atoms with Gasteiger partial charge in [0.1, 0.15) is 11.4 Å². The Balaban J connectivity index is 2.00. The zero-order valence-electron chi connectivity index (χ0n) is 14.6. The summed E-state index contributed by atoms with van der Waals surface area (Å²) < 4.78 is 9.29. The Morgan fingerprint density at radius 2 is 2.04 bits per heavy atom. The monoisotopic (exact) mass is 332 g/mol. The van der Waals surface area contributed by atoms with Crippen molar-refractivity contribution in [1.82, 2.24) is 19.2 Å². The maximum Gasteiger partial charge on any atom is 0.259 e. The molecule has 130 valence electrons. The summed E-state index contributed by atoms with van der Waals surface area (Å²) in [6.07, 6.45) is 1.28. The molecule has 1 N–H and O–H groups in total. The van der Waals surface area contributed by atoms with Crippen molar-refractivity contribution in [3.05, 3.63) is 35.3 Å². The largest absolute Gasteiger partial charge is 0.394 e. The zero-order chi connectivity index (χ0) is 17.4. The van der Waals surface area contributed by atoms with Crippen molar-refractivity contribution in [2.75, 3.05) is 19.8 Å². The Morgan fingerprint density at radius 3 is 2.67 bits per heavy atom.